The van der Waals surface area contributed by atoms with Gasteiger partial charge in [-0.1, -0.05) is 49.5 Å². The number of rotatable bonds is 6. The number of benzene rings is 3. The van der Waals surface area contributed by atoms with Crippen molar-refractivity contribution in [2.45, 2.75) is 83.3 Å². The van der Waals surface area contributed by atoms with E-state index in [-0.39, 0.29) is 15.3 Å². The van der Waals surface area contributed by atoms with Crippen molar-refractivity contribution in [2.75, 3.05) is 13.3 Å². The zero-order chi connectivity index (χ0) is 38.9. The molecule has 1 aliphatic carbocycles. The van der Waals surface area contributed by atoms with Crippen molar-refractivity contribution in [1.29, 1.82) is 0 Å². The van der Waals surface area contributed by atoms with Gasteiger partial charge < -0.3 is 9.30 Å². The molecule has 5 aromatic rings. The first kappa shape index (κ1) is 42.6. The van der Waals surface area contributed by atoms with Crippen molar-refractivity contribution in [2.24, 2.45) is 4.99 Å². The Morgan fingerprint density at radius 2 is 1.70 bits per heavy atom. The maximum absolute atomic E-state index is 14.7. The van der Waals surface area contributed by atoms with E-state index in [0.717, 1.165) is 37.4 Å². The number of thiazole rings is 1. The summed E-state index contributed by atoms with van der Waals surface area (Å²) in [5.41, 5.74) is 5.21. The van der Waals surface area contributed by atoms with Gasteiger partial charge in [-0.15, -0.1) is 29.0 Å². The van der Waals surface area contributed by atoms with Gasteiger partial charge in [0.25, 0.3) is 0 Å². The molecule has 53 heavy (non-hydrogen) atoms. The summed E-state index contributed by atoms with van der Waals surface area (Å²) in [6.45, 7) is 16.9. The Kier molecular flexibility index (Phi) is 13.9. The molecule has 1 saturated carbocycles. The van der Waals surface area contributed by atoms with Crippen LogP contribution in [0, 0.1) is 11.9 Å². The maximum atomic E-state index is 14.7. The summed E-state index contributed by atoms with van der Waals surface area (Å²) in [7, 11) is -3.63. The first-order valence-electron chi connectivity index (χ1n) is 17.1. The van der Waals surface area contributed by atoms with Crippen LogP contribution < -0.4 is 15.6 Å². The number of ether oxygens (including phenoxy) is 1. The van der Waals surface area contributed by atoms with Crippen molar-refractivity contribution in [3.63, 3.8) is 0 Å². The summed E-state index contributed by atoms with van der Waals surface area (Å²) in [5.74, 6) is 0.499. The van der Waals surface area contributed by atoms with Crippen molar-refractivity contribution in [3.05, 3.63) is 104 Å². The van der Waals surface area contributed by atoms with Gasteiger partial charge in [0.1, 0.15) is 18.7 Å². The topological polar surface area (TPSA) is 77.3 Å². The van der Waals surface area contributed by atoms with Crippen LogP contribution >= 0.6 is 63.0 Å². The van der Waals surface area contributed by atoms with Crippen LogP contribution in [-0.2, 0) is 28.2 Å². The first-order chi connectivity index (χ1) is 24.9. The average Bonchev–Trinajstić information content (AvgIpc) is 3.83. The van der Waals surface area contributed by atoms with E-state index in [1.807, 2.05) is 57.9 Å². The van der Waals surface area contributed by atoms with Gasteiger partial charge in [0.2, 0.25) is 11.7 Å². The molecule has 2 aliphatic rings. The van der Waals surface area contributed by atoms with Gasteiger partial charge in [-0.05, 0) is 71.0 Å². The molecule has 0 N–H and O–H groups in total. The minimum absolute atomic E-state index is 0.133. The molecule has 0 radical (unpaired) electrons. The number of nitrogens with zero attached hydrogens (tertiary/aromatic N) is 4. The molecular formula is C39H43BrCl2FN4O2P2PdS+. The Morgan fingerprint density at radius 1 is 1.04 bits per heavy atom. The zero-order valence-corrected chi connectivity index (χ0v) is 38.2. The molecule has 0 saturated heterocycles. The normalized spacial score (nSPS) is 17.2. The minimum atomic E-state index is -2.64. The van der Waals surface area contributed by atoms with Crippen LogP contribution in [-0.4, -0.2) is 44.3 Å². The Balaban J connectivity index is 0.000000199. The third-order valence-corrected chi connectivity index (χ3v) is 18.3. The first-order valence-corrected chi connectivity index (χ1v) is 26.4. The van der Waals surface area contributed by atoms with Crippen LogP contribution in [0.2, 0.25) is 10.0 Å². The molecule has 0 spiro atoms. The van der Waals surface area contributed by atoms with Gasteiger partial charge in [-0.25, -0.2) is 24.3 Å². The van der Waals surface area contributed by atoms with E-state index in [9.17, 15) is 8.96 Å². The number of hydrogen-bond acceptors (Lipinski definition) is 7. The summed E-state index contributed by atoms with van der Waals surface area (Å²) in [5, 5.41) is 1.81. The Hall–Kier alpha value is -1.59. The van der Waals surface area contributed by atoms with E-state index in [0.29, 0.717) is 34.4 Å². The fourth-order valence-electron chi connectivity index (χ4n) is 5.45. The second-order valence-corrected chi connectivity index (χ2v) is 24.0. The van der Waals surface area contributed by atoms with Crippen LogP contribution in [0.5, 0.6) is 5.75 Å². The molecule has 3 atom stereocenters. The number of aliphatic imine (C=N–C) groups is 1. The van der Waals surface area contributed by atoms with Gasteiger partial charge in [0, 0.05) is 22.3 Å². The third-order valence-electron chi connectivity index (χ3n) is 9.43. The van der Waals surface area contributed by atoms with Gasteiger partial charge in [-0.3, -0.25) is 0 Å². The predicted molar refractivity (Wildman–Crippen MR) is 224 cm³/mol. The van der Waals surface area contributed by atoms with Gasteiger partial charge in [0.05, 0.1) is 51.9 Å². The fourth-order valence-corrected chi connectivity index (χ4v) is 10.8. The van der Waals surface area contributed by atoms with E-state index in [1.165, 1.54) is 18.9 Å². The van der Waals surface area contributed by atoms with E-state index < -0.39 is 27.1 Å². The van der Waals surface area contributed by atoms with Crippen molar-refractivity contribution >= 4 is 90.6 Å². The van der Waals surface area contributed by atoms with E-state index >= 15 is 0 Å². The number of fused-ring (bicyclic) bond motifs is 2. The molecule has 3 aromatic carbocycles. The standard InChI is InChI=1S/C21H14Cl2FN2OS.C18H28N2OP2.BrH.Pd/c22-13-3-1-2-11(6-13)7-16-19-15(24)8-14(23)9-17(19)27-20(26-16)18-10-25-21(28-18)12-4-5-12;1-17(2,3)22(7)15-16(23(8,21)18(4,5)6)20-14-12-10-9-11-13(14)19-15;;/h1,3,6,8-10,12,20H,4-5,7H2;9-12H,1-8H3;1H;/q-1;;;+2/t20-;22?,23-;;/m01../s1. The molecule has 1 aliphatic heterocycles. The molecule has 6 nitrogen and oxygen atoms in total. The number of aromatic nitrogens is 3. The molecule has 1 unspecified atom stereocenters. The van der Waals surface area contributed by atoms with Crippen molar-refractivity contribution in [3.8, 4) is 5.75 Å². The predicted octanol–water partition coefficient (Wildman–Crippen LogP) is 11.5. The molecule has 1 fully saturated rings. The second-order valence-electron chi connectivity index (χ2n) is 15.2. The SMILES string of the molecule is C[PH+](c1nc2ccccc2nc1[P@@](C)(=O)C(C)(C)C)C(C)(C)C.Fc1cc(Cl)cc2c1C(Cc1[c-]ccc(Cl)c1)=N[C@H](c1cnc(C3CC3)s1)O2.[Br][Pd+]. The van der Waals surface area contributed by atoms with Crippen LogP contribution in [0.25, 0.3) is 11.0 Å². The van der Waals surface area contributed by atoms with Crippen LogP contribution in [0.3, 0.4) is 0 Å². The molecule has 3 heterocycles. The molecule has 0 bridgehead atoms. The quantitative estimate of drug-likeness (QED) is 0.0962. The Labute approximate surface area is 344 Å². The zero-order valence-electron chi connectivity index (χ0n) is 30.8. The monoisotopic (exact) mass is 967 g/mol. The molecule has 284 valence electrons. The van der Waals surface area contributed by atoms with Crippen molar-refractivity contribution in [1.82, 2.24) is 15.0 Å². The van der Waals surface area contributed by atoms with E-state index in [2.05, 4.69) is 69.1 Å². The fraction of sp³-hybridized carbons (Fsp3) is 0.385. The molecule has 14 heteroatoms. The molecule has 2 aromatic heterocycles. The number of para-hydroxylation sites is 2. The second kappa shape index (κ2) is 17.3. The Morgan fingerprint density at radius 3 is 2.30 bits per heavy atom. The summed E-state index contributed by atoms with van der Waals surface area (Å²) in [6.07, 6.45) is 3.99. The molecular weight excluding hydrogens is 927 g/mol. The van der Waals surface area contributed by atoms with Crippen molar-refractivity contribution < 1.29 is 30.9 Å². The van der Waals surface area contributed by atoms with Crippen LogP contribution in [0.4, 0.5) is 4.39 Å². The summed E-state index contributed by atoms with van der Waals surface area (Å²) < 4.78 is 34.4. The van der Waals surface area contributed by atoms with E-state index in [4.69, 9.17) is 42.9 Å². The van der Waals surface area contributed by atoms with Gasteiger partial charge in [-0.2, -0.15) is 23.8 Å². The third kappa shape index (κ3) is 10.1. The van der Waals surface area contributed by atoms with Gasteiger partial charge in [0.15, 0.2) is 5.44 Å². The number of halogens is 4. The van der Waals surface area contributed by atoms with Crippen LogP contribution in [0.15, 0.2) is 65.8 Å². The summed E-state index contributed by atoms with van der Waals surface area (Å²) in [4.78, 5) is 19.9. The summed E-state index contributed by atoms with van der Waals surface area (Å²) in [6, 6.07) is 19.2. The Bertz CT molecular complexity index is 2190. The summed E-state index contributed by atoms with van der Waals surface area (Å²) >= 11 is 19.1. The average molecular weight is 970 g/mol. The molecule has 0 amide bonds. The van der Waals surface area contributed by atoms with E-state index in [1.54, 1.807) is 35.6 Å². The molecule has 7 rings (SSSR count). The number of hydrogen-bond donors (Lipinski definition) is 0. The van der Waals surface area contributed by atoms with Crippen LogP contribution in [0.1, 0.15) is 87.5 Å². The van der Waals surface area contributed by atoms with Gasteiger partial charge >= 0.3 is 30.6 Å².